The standard InChI is InChI=1S/C26H25Cl2N3/c27-22-9-5-19(6-10-22)17-30-15-13-21(14-16-30)26-29-24-3-1-2-4-25(24)31(26)18-20-7-11-23(28)12-8-20/h1-12,21H,13-18H2. The molecule has 2 heterocycles. The topological polar surface area (TPSA) is 21.1 Å². The average Bonchev–Trinajstić information content (AvgIpc) is 3.16. The van der Waals surface area contributed by atoms with Gasteiger partial charge >= 0.3 is 0 Å². The van der Waals surface area contributed by atoms with Gasteiger partial charge in [-0.15, -0.1) is 0 Å². The number of piperidine rings is 1. The van der Waals surface area contributed by atoms with Crippen LogP contribution in [0.2, 0.25) is 10.0 Å². The molecule has 0 bridgehead atoms. The van der Waals surface area contributed by atoms with Crippen LogP contribution < -0.4 is 0 Å². The van der Waals surface area contributed by atoms with E-state index in [4.69, 9.17) is 28.2 Å². The number of hydrogen-bond acceptors (Lipinski definition) is 2. The smallest absolute Gasteiger partial charge is 0.113 e. The fourth-order valence-corrected chi connectivity index (χ4v) is 4.79. The maximum Gasteiger partial charge on any atom is 0.113 e. The van der Waals surface area contributed by atoms with E-state index in [1.807, 2.05) is 24.3 Å². The molecule has 1 aliphatic rings. The third-order valence-electron chi connectivity index (χ3n) is 6.21. The minimum absolute atomic E-state index is 0.473. The molecule has 1 fully saturated rings. The minimum Gasteiger partial charge on any atom is -0.323 e. The second kappa shape index (κ2) is 9.04. The first-order valence-electron chi connectivity index (χ1n) is 10.8. The molecule has 0 amide bonds. The van der Waals surface area contributed by atoms with Gasteiger partial charge in [0.2, 0.25) is 0 Å². The van der Waals surface area contributed by atoms with Crippen molar-refractivity contribution in [2.75, 3.05) is 13.1 Å². The van der Waals surface area contributed by atoms with Crippen molar-refractivity contribution < 1.29 is 0 Å². The number of benzene rings is 3. The highest BCUT2D eigenvalue weighted by Crippen LogP contribution is 2.31. The van der Waals surface area contributed by atoms with E-state index in [-0.39, 0.29) is 0 Å². The molecule has 0 atom stereocenters. The fourth-order valence-electron chi connectivity index (χ4n) is 4.54. The Bertz CT molecular complexity index is 1160. The lowest BCUT2D eigenvalue weighted by atomic mass is 9.95. The Hall–Kier alpha value is -2.33. The molecule has 3 aromatic carbocycles. The number of halogens is 2. The Labute approximate surface area is 193 Å². The lowest BCUT2D eigenvalue weighted by Gasteiger charge is -2.32. The van der Waals surface area contributed by atoms with Gasteiger partial charge < -0.3 is 4.57 Å². The van der Waals surface area contributed by atoms with Crippen molar-refractivity contribution in [3.05, 3.63) is 99.8 Å². The Morgan fingerprint density at radius 3 is 1.97 bits per heavy atom. The molecule has 1 aliphatic heterocycles. The van der Waals surface area contributed by atoms with Crippen LogP contribution in [-0.2, 0) is 13.1 Å². The van der Waals surface area contributed by atoms with E-state index >= 15 is 0 Å². The highest BCUT2D eigenvalue weighted by Gasteiger charge is 2.25. The first-order valence-corrected chi connectivity index (χ1v) is 11.6. The molecule has 3 nitrogen and oxygen atoms in total. The fraction of sp³-hybridized carbons (Fsp3) is 0.269. The molecule has 5 rings (SSSR count). The van der Waals surface area contributed by atoms with Gasteiger partial charge in [-0.2, -0.15) is 0 Å². The third kappa shape index (κ3) is 4.64. The van der Waals surface area contributed by atoms with Gasteiger partial charge in [0.15, 0.2) is 0 Å². The Kier molecular flexibility index (Phi) is 5.99. The number of nitrogens with zero attached hydrogens (tertiary/aromatic N) is 3. The van der Waals surface area contributed by atoms with Gasteiger partial charge in [-0.3, -0.25) is 4.90 Å². The lowest BCUT2D eigenvalue weighted by Crippen LogP contribution is -2.33. The molecule has 0 aliphatic carbocycles. The SMILES string of the molecule is Clc1ccc(CN2CCC(c3nc4ccccc4n3Cc3ccc(Cl)cc3)CC2)cc1. The monoisotopic (exact) mass is 449 g/mol. The second-order valence-corrected chi connectivity index (χ2v) is 9.22. The minimum atomic E-state index is 0.473. The number of rotatable bonds is 5. The van der Waals surface area contributed by atoms with Crippen molar-refractivity contribution in [1.29, 1.82) is 0 Å². The molecule has 0 N–H and O–H groups in total. The van der Waals surface area contributed by atoms with Crippen LogP contribution in [0.5, 0.6) is 0 Å². The van der Waals surface area contributed by atoms with Gasteiger partial charge in [-0.05, 0) is 73.5 Å². The number of para-hydroxylation sites is 2. The van der Waals surface area contributed by atoms with Crippen LogP contribution in [-0.4, -0.2) is 27.5 Å². The van der Waals surface area contributed by atoms with Crippen molar-refractivity contribution in [3.8, 4) is 0 Å². The zero-order valence-electron chi connectivity index (χ0n) is 17.3. The van der Waals surface area contributed by atoms with Crippen molar-refractivity contribution >= 4 is 34.2 Å². The Morgan fingerprint density at radius 2 is 1.32 bits per heavy atom. The summed E-state index contributed by atoms with van der Waals surface area (Å²) in [6.45, 7) is 3.96. The molecule has 0 saturated carbocycles. The zero-order chi connectivity index (χ0) is 21.2. The Morgan fingerprint density at radius 1 is 0.742 bits per heavy atom. The molecule has 158 valence electrons. The number of aromatic nitrogens is 2. The normalized spacial score (nSPS) is 15.5. The highest BCUT2D eigenvalue weighted by atomic mass is 35.5. The average molecular weight is 450 g/mol. The van der Waals surface area contributed by atoms with Crippen molar-refractivity contribution in [1.82, 2.24) is 14.5 Å². The molecule has 1 saturated heterocycles. The van der Waals surface area contributed by atoms with Gasteiger partial charge in [-0.25, -0.2) is 4.98 Å². The summed E-state index contributed by atoms with van der Waals surface area (Å²) in [5, 5.41) is 1.56. The van der Waals surface area contributed by atoms with Crippen LogP contribution >= 0.6 is 23.2 Å². The van der Waals surface area contributed by atoms with E-state index in [9.17, 15) is 0 Å². The third-order valence-corrected chi connectivity index (χ3v) is 6.71. The summed E-state index contributed by atoms with van der Waals surface area (Å²) in [5.41, 5.74) is 4.85. The molecule has 1 aromatic heterocycles. The van der Waals surface area contributed by atoms with Crippen LogP contribution in [0, 0.1) is 0 Å². The molecule has 4 aromatic rings. The quantitative estimate of drug-likeness (QED) is 0.335. The highest BCUT2D eigenvalue weighted by molar-refractivity contribution is 6.30. The molecular formula is C26H25Cl2N3. The molecule has 0 radical (unpaired) electrons. The van der Waals surface area contributed by atoms with E-state index in [0.717, 1.165) is 54.6 Å². The second-order valence-electron chi connectivity index (χ2n) is 8.35. The summed E-state index contributed by atoms with van der Waals surface area (Å²) in [7, 11) is 0. The van der Waals surface area contributed by atoms with Gasteiger partial charge in [0.25, 0.3) is 0 Å². The zero-order valence-corrected chi connectivity index (χ0v) is 18.9. The van der Waals surface area contributed by atoms with Gasteiger partial charge in [-0.1, -0.05) is 59.6 Å². The largest absolute Gasteiger partial charge is 0.323 e. The molecule has 5 heteroatoms. The molecular weight excluding hydrogens is 425 g/mol. The predicted octanol–water partition coefficient (Wildman–Crippen LogP) is 6.77. The summed E-state index contributed by atoms with van der Waals surface area (Å²) < 4.78 is 2.40. The number of hydrogen-bond donors (Lipinski definition) is 0. The van der Waals surface area contributed by atoms with Gasteiger partial charge in [0, 0.05) is 29.1 Å². The summed E-state index contributed by atoms with van der Waals surface area (Å²) in [6.07, 6.45) is 2.25. The van der Waals surface area contributed by atoms with E-state index in [0.29, 0.717) is 5.92 Å². The maximum atomic E-state index is 6.09. The van der Waals surface area contributed by atoms with E-state index in [1.54, 1.807) is 0 Å². The lowest BCUT2D eigenvalue weighted by molar-refractivity contribution is 0.200. The van der Waals surface area contributed by atoms with Crippen LogP contribution in [0.1, 0.15) is 35.7 Å². The first-order chi connectivity index (χ1) is 15.2. The van der Waals surface area contributed by atoms with Crippen LogP contribution in [0.25, 0.3) is 11.0 Å². The van der Waals surface area contributed by atoms with E-state index < -0.39 is 0 Å². The van der Waals surface area contributed by atoms with Crippen LogP contribution in [0.3, 0.4) is 0 Å². The number of likely N-dealkylation sites (tertiary alicyclic amines) is 1. The van der Waals surface area contributed by atoms with Crippen molar-refractivity contribution in [3.63, 3.8) is 0 Å². The maximum absolute atomic E-state index is 6.09. The Balaban J connectivity index is 1.35. The van der Waals surface area contributed by atoms with E-state index in [2.05, 4.69) is 58.0 Å². The molecule has 0 unspecified atom stereocenters. The summed E-state index contributed by atoms with van der Waals surface area (Å²) in [6, 6.07) is 24.8. The summed E-state index contributed by atoms with van der Waals surface area (Å²) >= 11 is 12.1. The molecule has 31 heavy (non-hydrogen) atoms. The first kappa shape index (κ1) is 20.6. The van der Waals surface area contributed by atoms with Crippen molar-refractivity contribution in [2.45, 2.75) is 31.8 Å². The number of fused-ring (bicyclic) bond motifs is 1. The summed E-state index contributed by atoms with van der Waals surface area (Å²) in [4.78, 5) is 7.61. The van der Waals surface area contributed by atoms with E-state index in [1.165, 1.54) is 22.5 Å². The predicted molar refractivity (Wildman–Crippen MR) is 129 cm³/mol. The van der Waals surface area contributed by atoms with Crippen LogP contribution in [0.15, 0.2) is 72.8 Å². The van der Waals surface area contributed by atoms with Gasteiger partial charge in [0.05, 0.1) is 11.0 Å². The molecule has 0 spiro atoms. The van der Waals surface area contributed by atoms with Gasteiger partial charge in [0.1, 0.15) is 5.82 Å². The number of imidazole rings is 1. The summed E-state index contributed by atoms with van der Waals surface area (Å²) in [5.74, 6) is 1.68. The van der Waals surface area contributed by atoms with Crippen LogP contribution in [0.4, 0.5) is 0 Å². The van der Waals surface area contributed by atoms with Crippen molar-refractivity contribution in [2.24, 2.45) is 0 Å².